The van der Waals surface area contributed by atoms with E-state index in [1.807, 2.05) is 37.1 Å². The molecule has 0 radical (unpaired) electrons. The molecule has 0 bridgehead atoms. The van der Waals surface area contributed by atoms with Crippen molar-refractivity contribution in [3.05, 3.63) is 58.3 Å². The first-order valence-corrected chi connectivity index (χ1v) is 6.82. The van der Waals surface area contributed by atoms with E-state index in [4.69, 9.17) is 5.73 Å². The van der Waals surface area contributed by atoms with Crippen LogP contribution in [-0.2, 0) is 0 Å². The fourth-order valence-electron chi connectivity index (χ4n) is 2.00. The van der Waals surface area contributed by atoms with Crippen LogP contribution in [-0.4, -0.2) is 7.05 Å². The molecule has 0 amide bonds. The molecule has 0 spiro atoms. The number of nitrogens with zero attached hydrogens (tertiary/aromatic N) is 1. The molecule has 100 valence electrons. The smallest absolute Gasteiger partial charge is 0.123 e. The third kappa shape index (κ3) is 3.14. The van der Waals surface area contributed by atoms with Gasteiger partial charge in [-0.25, -0.2) is 4.39 Å². The summed E-state index contributed by atoms with van der Waals surface area (Å²) in [6.45, 7) is 1.95. The molecule has 2 aromatic rings. The molecule has 0 aliphatic rings. The molecule has 2 aromatic carbocycles. The lowest BCUT2D eigenvalue weighted by atomic mass is 10.1. The van der Waals surface area contributed by atoms with Gasteiger partial charge in [0.25, 0.3) is 0 Å². The molecule has 1 unspecified atom stereocenters. The topological polar surface area (TPSA) is 29.3 Å². The quantitative estimate of drug-likeness (QED) is 0.908. The number of rotatable bonds is 3. The van der Waals surface area contributed by atoms with Gasteiger partial charge in [0.1, 0.15) is 5.82 Å². The van der Waals surface area contributed by atoms with E-state index in [1.165, 1.54) is 12.1 Å². The number of benzene rings is 2. The van der Waals surface area contributed by atoms with Crippen LogP contribution in [0.4, 0.5) is 15.8 Å². The molecule has 2 N–H and O–H groups in total. The Morgan fingerprint density at radius 3 is 2.37 bits per heavy atom. The van der Waals surface area contributed by atoms with Crippen LogP contribution in [0.2, 0.25) is 0 Å². The van der Waals surface area contributed by atoms with E-state index < -0.39 is 0 Å². The van der Waals surface area contributed by atoms with Crippen molar-refractivity contribution in [3.8, 4) is 0 Å². The molecule has 2 nitrogen and oxygen atoms in total. The van der Waals surface area contributed by atoms with Gasteiger partial charge >= 0.3 is 0 Å². The summed E-state index contributed by atoms with van der Waals surface area (Å²) >= 11 is 3.46. The van der Waals surface area contributed by atoms with Gasteiger partial charge in [-0.2, -0.15) is 0 Å². The highest BCUT2D eigenvalue weighted by atomic mass is 79.9. The van der Waals surface area contributed by atoms with E-state index in [-0.39, 0.29) is 11.9 Å². The van der Waals surface area contributed by atoms with Gasteiger partial charge in [0, 0.05) is 28.9 Å². The molecule has 0 aromatic heterocycles. The van der Waals surface area contributed by atoms with Crippen LogP contribution in [0.1, 0.15) is 18.5 Å². The second-order valence-electron chi connectivity index (χ2n) is 4.53. The first kappa shape index (κ1) is 14.0. The SMILES string of the molecule is CC(N)c1cc(Br)ccc1N(C)c1ccc(F)cc1. The van der Waals surface area contributed by atoms with E-state index in [1.54, 1.807) is 12.1 Å². The summed E-state index contributed by atoms with van der Waals surface area (Å²) in [5.41, 5.74) is 9.00. The Labute approximate surface area is 121 Å². The van der Waals surface area contributed by atoms with E-state index in [9.17, 15) is 4.39 Å². The number of nitrogens with two attached hydrogens (primary N) is 1. The Morgan fingerprint density at radius 2 is 1.79 bits per heavy atom. The largest absolute Gasteiger partial charge is 0.344 e. The summed E-state index contributed by atoms with van der Waals surface area (Å²) < 4.78 is 14.0. The van der Waals surface area contributed by atoms with Crippen LogP contribution in [0, 0.1) is 5.82 Å². The van der Waals surface area contributed by atoms with Crippen molar-refractivity contribution in [2.24, 2.45) is 5.73 Å². The van der Waals surface area contributed by atoms with Crippen molar-refractivity contribution >= 4 is 27.3 Å². The second kappa shape index (κ2) is 5.72. The van der Waals surface area contributed by atoms with E-state index >= 15 is 0 Å². The Kier molecular flexibility index (Phi) is 4.22. The zero-order valence-electron chi connectivity index (χ0n) is 10.9. The van der Waals surface area contributed by atoms with E-state index in [2.05, 4.69) is 15.9 Å². The lowest BCUT2D eigenvalue weighted by Crippen LogP contribution is -2.15. The number of hydrogen-bond acceptors (Lipinski definition) is 2. The van der Waals surface area contributed by atoms with Crippen LogP contribution in [0.3, 0.4) is 0 Å². The third-order valence-electron chi connectivity index (χ3n) is 3.06. The Morgan fingerprint density at radius 1 is 1.16 bits per heavy atom. The maximum Gasteiger partial charge on any atom is 0.123 e. The Balaban J connectivity index is 2.43. The van der Waals surface area contributed by atoms with Crippen molar-refractivity contribution < 1.29 is 4.39 Å². The molecular weight excluding hydrogens is 307 g/mol. The second-order valence-corrected chi connectivity index (χ2v) is 5.44. The van der Waals surface area contributed by atoms with Gasteiger partial charge in [0.05, 0.1) is 0 Å². The number of hydrogen-bond donors (Lipinski definition) is 1. The van der Waals surface area contributed by atoms with Crippen LogP contribution in [0.5, 0.6) is 0 Å². The van der Waals surface area contributed by atoms with Crippen LogP contribution in [0.15, 0.2) is 46.9 Å². The summed E-state index contributed by atoms with van der Waals surface area (Å²) in [7, 11) is 1.95. The summed E-state index contributed by atoms with van der Waals surface area (Å²) in [4.78, 5) is 2.00. The van der Waals surface area contributed by atoms with Crippen LogP contribution < -0.4 is 10.6 Å². The molecule has 0 aliphatic heterocycles. The minimum Gasteiger partial charge on any atom is -0.344 e. The molecule has 0 saturated heterocycles. The minimum atomic E-state index is -0.236. The first-order valence-electron chi connectivity index (χ1n) is 6.03. The molecule has 4 heteroatoms. The third-order valence-corrected chi connectivity index (χ3v) is 3.55. The molecule has 1 atom stereocenters. The summed E-state index contributed by atoms with van der Waals surface area (Å²) in [5, 5.41) is 0. The zero-order chi connectivity index (χ0) is 14.0. The van der Waals surface area contributed by atoms with E-state index in [0.717, 1.165) is 21.4 Å². The maximum absolute atomic E-state index is 13.0. The normalized spacial score (nSPS) is 12.3. The van der Waals surface area contributed by atoms with Crippen molar-refractivity contribution in [3.63, 3.8) is 0 Å². The summed E-state index contributed by atoms with van der Waals surface area (Å²) in [5.74, 6) is -0.236. The van der Waals surface area contributed by atoms with Crippen molar-refractivity contribution in [1.82, 2.24) is 0 Å². The monoisotopic (exact) mass is 322 g/mol. The van der Waals surface area contributed by atoms with Gasteiger partial charge in [0.15, 0.2) is 0 Å². The minimum absolute atomic E-state index is 0.0737. The predicted molar refractivity (Wildman–Crippen MR) is 81.2 cm³/mol. The molecule has 0 aliphatic carbocycles. The van der Waals surface area contributed by atoms with E-state index in [0.29, 0.717) is 0 Å². The average Bonchev–Trinajstić information content (AvgIpc) is 2.38. The molecule has 2 rings (SSSR count). The lowest BCUT2D eigenvalue weighted by Gasteiger charge is -2.24. The standard InChI is InChI=1S/C15H16BrFN2/c1-10(18)14-9-11(16)3-8-15(14)19(2)13-6-4-12(17)5-7-13/h3-10H,18H2,1-2H3. The van der Waals surface area contributed by atoms with Crippen LogP contribution in [0.25, 0.3) is 0 Å². The molecule has 0 fully saturated rings. The fourth-order valence-corrected chi connectivity index (χ4v) is 2.38. The van der Waals surface area contributed by atoms with Crippen LogP contribution >= 0.6 is 15.9 Å². The Hall–Kier alpha value is -1.39. The molecular formula is C15H16BrFN2. The number of halogens is 2. The predicted octanol–water partition coefficient (Wildman–Crippen LogP) is 4.38. The molecule has 0 saturated carbocycles. The van der Waals surface area contributed by atoms with Gasteiger partial charge in [-0.1, -0.05) is 15.9 Å². The zero-order valence-corrected chi connectivity index (χ0v) is 12.5. The lowest BCUT2D eigenvalue weighted by molar-refractivity contribution is 0.628. The van der Waals surface area contributed by atoms with Crippen molar-refractivity contribution in [2.45, 2.75) is 13.0 Å². The van der Waals surface area contributed by atoms with Gasteiger partial charge in [-0.3, -0.25) is 0 Å². The highest BCUT2D eigenvalue weighted by Gasteiger charge is 2.12. The van der Waals surface area contributed by atoms with Crippen molar-refractivity contribution in [1.29, 1.82) is 0 Å². The van der Waals surface area contributed by atoms with Gasteiger partial charge in [0.2, 0.25) is 0 Å². The van der Waals surface area contributed by atoms with Gasteiger partial charge in [-0.05, 0) is 55.0 Å². The fraction of sp³-hybridized carbons (Fsp3) is 0.200. The highest BCUT2D eigenvalue weighted by molar-refractivity contribution is 9.10. The molecule has 19 heavy (non-hydrogen) atoms. The number of anilines is 2. The Bertz CT molecular complexity index is 567. The van der Waals surface area contributed by atoms with Crippen molar-refractivity contribution in [2.75, 3.05) is 11.9 Å². The maximum atomic E-state index is 13.0. The average molecular weight is 323 g/mol. The van der Waals surface area contributed by atoms with Gasteiger partial charge < -0.3 is 10.6 Å². The molecule has 0 heterocycles. The van der Waals surface area contributed by atoms with Gasteiger partial charge in [-0.15, -0.1) is 0 Å². The highest BCUT2D eigenvalue weighted by Crippen LogP contribution is 2.32. The summed E-state index contributed by atoms with van der Waals surface area (Å²) in [6, 6.07) is 12.3. The summed E-state index contributed by atoms with van der Waals surface area (Å²) in [6.07, 6.45) is 0. The first-order chi connectivity index (χ1) is 8.99.